The number of amides is 1. The Kier molecular flexibility index (Phi) is 8.44. The van der Waals surface area contributed by atoms with Crippen molar-refractivity contribution in [1.29, 1.82) is 0 Å². The van der Waals surface area contributed by atoms with Gasteiger partial charge in [-0.2, -0.15) is 11.8 Å². The standard InChI is InChI=1S/C20H26N2O3S/c1-3-25-20(24)18(11-12-26-2)22-19(23)14-21-13-16-9-6-8-15-7-4-5-10-17(15)16/h4-10,18,21H,3,11-14H2,1-2H3,(H,22,23)/t18-/m0/s1. The molecule has 1 atom stereocenters. The van der Waals surface area contributed by atoms with Gasteiger partial charge in [0.05, 0.1) is 13.2 Å². The van der Waals surface area contributed by atoms with Gasteiger partial charge in [-0.15, -0.1) is 0 Å². The summed E-state index contributed by atoms with van der Waals surface area (Å²) < 4.78 is 5.04. The first kappa shape index (κ1) is 20.3. The molecule has 0 aromatic heterocycles. The molecule has 2 rings (SSSR count). The topological polar surface area (TPSA) is 67.4 Å². The monoisotopic (exact) mass is 374 g/mol. The van der Waals surface area contributed by atoms with Gasteiger partial charge in [-0.05, 0) is 41.7 Å². The van der Waals surface area contributed by atoms with Crippen LogP contribution in [0.25, 0.3) is 10.8 Å². The smallest absolute Gasteiger partial charge is 0.328 e. The number of hydrogen-bond donors (Lipinski definition) is 2. The highest BCUT2D eigenvalue weighted by molar-refractivity contribution is 7.98. The maximum atomic E-state index is 12.2. The van der Waals surface area contributed by atoms with Crippen LogP contribution >= 0.6 is 11.8 Å². The lowest BCUT2D eigenvalue weighted by Gasteiger charge is -2.17. The van der Waals surface area contributed by atoms with Crippen LogP contribution in [-0.2, 0) is 20.9 Å². The molecular weight excluding hydrogens is 348 g/mol. The quantitative estimate of drug-likeness (QED) is 0.626. The molecule has 0 bridgehead atoms. The van der Waals surface area contributed by atoms with E-state index in [0.29, 0.717) is 19.6 Å². The molecule has 140 valence electrons. The van der Waals surface area contributed by atoms with Crippen LogP contribution in [0.4, 0.5) is 0 Å². The number of carbonyl (C=O) groups is 2. The molecular formula is C20H26N2O3S. The second kappa shape index (κ2) is 10.8. The highest BCUT2D eigenvalue weighted by Crippen LogP contribution is 2.18. The van der Waals surface area contributed by atoms with Crippen molar-refractivity contribution in [2.75, 3.05) is 25.2 Å². The average Bonchev–Trinajstić information content (AvgIpc) is 2.65. The van der Waals surface area contributed by atoms with Crippen LogP contribution in [0.15, 0.2) is 42.5 Å². The third-order valence-corrected chi connectivity index (χ3v) is 4.64. The second-order valence-electron chi connectivity index (χ2n) is 5.90. The molecule has 0 unspecified atom stereocenters. The normalized spacial score (nSPS) is 11.9. The largest absolute Gasteiger partial charge is 0.464 e. The molecule has 5 nitrogen and oxygen atoms in total. The van der Waals surface area contributed by atoms with Crippen molar-refractivity contribution in [3.63, 3.8) is 0 Å². The van der Waals surface area contributed by atoms with Gasteiger partial charge in [0.2, 0.25) is 5.91 Å². The highest BCUT2D eigenvalue weighted by Gasteiger charge is 2.21. The number of hydrogen-bond acceptors (Lipinski definition) is 5. The number of fused-ring (bicyclic) bond motifs is 1. The molecule has 26 heavy (non-hydrogen) atoms. The van der Waals surface area contributed by atoms with E-state index in [1.165, 1.54) is 10.8 Å². The molecule has 0 aliphatic rings. The van der Waals surface area contributed by atoms with Gasteiger partial charge < -0.3 is 15.4 Å². The number of benzene rings is 2. The number of nitrogens with one attached hydrogen (secondary N) is 2. The van der Waals surface area contributed by atoms with E-state index in [0.717, 1.165) is 11.3 Å². The molecule has 0 aliphatic heterocycles. The lowest BCUT2D eigenvalue weighted by Crippen LogP contribution is -2.45. The summed E-state index contributed by atoms with van der Waals surface area (Å²) >= 11 is 1.63. The molecule has 2 aromatic carbocycles. The Labute approximate surface area is 158 Å². The van der Waals surface area contributed by atoms with Crippen molar-refractivity contribution < 1.29 is 14.3 Å². The lowest BCUT2D eigenvalue weighted by molar-refractivity contribution is -0.147. The number of carbonyl (C=O) groups excluding carboxylic acids is 2. The van der Waals surface area contributed by atoms with Gasteiger partial charge in [0.15, 0.2) is 0 Å². The summed E-state index contributed by atoms with van der Waals surface area (Å²) in [6, 6.07) is 13.7. The third-order valence-electron chi connectivity index (χ3n) is 4.00. The van der Waals surface area contributed by atoms with Crippen LogP contribution in [0.1, 0.15) is 18.9 Å². The zero-order chi connectivity index (χ0) is 18.8. The fourth-order valence-electron chi connectivity index (χ4n) is 2.73. The number of thioether (sulfide) groups is 1. The Hall–Kier alpha value is -2.05. The van der Waals surface area contributed by atoms with Crippen molar-refractivity contribution in [2.45, 2.75) is 25.9 Å². The van der Waals surface area contributed by atoms with Gasteiger partial charge in [-0.3, -0.25) is 4.79 Å². The van der Waals surface area contributed by atoms with Crippen LogP contribution in [-0.4, -0.2) is 43.1 Å². The van der Waals surface area contributed by atoms with E-state index < -0.39 is 6.04 Å². The van der Waals surface area contributed by atoms with Gasteiger partial charge in [-0.1, -0.05) is 42.5 Å². The van der Waals surface area contributed by atoms with E-state index in [1.54, 1.807) is 18.7 Å². The molecule has 6 heteroatoms. The van der Waals surface area contributed by atoms with Crippen LogP contribution in [0.2, 0.25) is 0 Å². The van der Waals surface area contributed by atoms with Crippen LogP contribution in [0.5, 0.6) is 0 Å². The lowest BCUT2D eigenvalue weighted by atomic mass is 10.0. The zero-order valence-electron chi connectivity index (χ0n) is 15.3. The first-order valence-electron chi connectivity index (χ1n) is 8.78. The summed E-state index contributed by atoms with van der Waals surface area (Å²) in [5.41, 5.74) is 1.14. The fourth-order valence-corrected chi connectivity index (χ4v) is 3.20. The van der Waals surface area contributed by atoms with Crippen LogP contribution < -0.4 is 10.6 Å². The van der Waals surface area contributed by atoms with Crippen molar-refractivity contribution in [1.82, 2.24) is 10.6 Å². The first-order chi connectivity index (χ1) is 12.7. The van der Waals surface area contributed by atoms with E-state index in [9.17, 15) is 9.59 Å². The summed E-state index contributed by atoms with van der Waals surface area (Å²) in [5.74, 6) is 0.209. The minimum Gasteiger partial charge on any atom is -0.464 e. The van der Waals surface area contributed by atoms with E-state index in [2.05, 4.69) is 28.8 Å². The van der Waals surface area contributed by atoms with Gasteiger partial charge in [0.25, 0.3) is 0 Å². The number of ether oxygens (including phenoxy) is 1. The van der Waals surface area contributed by atoms with E-state index in [1.807, 2.05) is 30.5 Å². The number of esters is 1. The van der Waals surface area contributed by atoms with E-state index in [-0.39, 0.29) is 18.4 Å². The van der Waals surface area contributed by atoms with Crippen molar-refractivity contribution in [2.24, 2.45) is 0 Å². The average molecular weight is 375 g/mol. The summed E-state index contributed by atoms with van der Waals surface area (Å²) in [6.45, 7) is 2.81. The van der Waals surface area contributed by atoms with Crippen molar-refractivity contribution in [3.05, 3.63) is 48.0 Å². The Balaban J connectivity index is 1.87. The minimum atomic E-state index is -0.589. The first-order valence-corrected chi connectivity index (χ1v) is 10.2. The molecule has 1 amide bonds. The molecule has 0 saturated heterocycles. The van der Waals surface area contributed by atoms with Crippen molar-refractivity contribution >= 4 is 34.4 Å². The van der Waals surface area contributed by atoms with Crippen molar-refractivity contribution in [3.8, 4) is 0 Å². The summed E-state index contributed by atoms with van der Waals surface area (Å²) in [4.78, 5) is 24.2. The third kappa shape index (κ3) is 6.04. The maximum absolute atomic E-state index is 12.2. The molecule has 0 saturated carbocycles. The molecule has 2 N–H and O–H groups in total. The van der Waals surface area contributed by atoms with Crippen LogP contribution in [0, 0.1) is 0 Å². The van der Waals surface area contributed by atoms with E-state index in [4.69, 9.17) is 4.74 Å². The second-order valence-corrected chi connectivity index (χ2v) is 6.88. The summed E-state index contributed by atoms with van der Waals surface area (Å²) in [7, 11) is 0. The Morgan fingerprint density at radius 1 is 1.15 bits per heavy atom. The maximum Gasteiger partial charge on any atom is 0.328 e. The summed E-state index contributed by atoms with van der Waals surface area (Å²) in [5, 5.41) is 8.28. The minimum absolute atomic E-state index is 0.151. The van der Waals surface area contributed by atoms with Gasteiger partial charge in [0, 0.05) is 6.54 Å². The van der Waals surface area contributed by atoms with Gasteiger partial charge in [-0.25, -0.2) is 4.79 Å². The molecule has 0 spiro atoms. The Morgan fingerprint density at radius 2 is 1.92 bits per heavy atom. The summed E-state index contributed by atoms with van der Waals surface area (Å²) in [6.07, 6.45) is 2.53. The van der Waals surface area contributed by atoms with E-state index >= 15 is 0 Å². The molecule has 0 fully saturated rings. The van der Waals surface area contributed by atoms with Crippen LogP contribution in [0.3, 0.4) is 0 Å². The predicted octanol–water partition coefficient (Wildman–Crippen LogP) is 2.73. The SMILES string of the molecule is CCOC(=O)[C@H](CCSC)NC(=O)CNCc1cccc2ccccc12. The molecule has 0 aliphatic carbocycles. The highest BCUT2D eigenvalue weighted by atomic mass is 32.2. The zero-order valence-corrected chi connectivity index (χ0v) is 16.1. The van der Waals surface area contributed by atoms with Gasteiger partial charge in [0.1, 0.15) is 6.04 Å². The molecule has 2 aromatic rings. The Morgan fingerprint density at radius 3 is 2.69 bits per heavy atom. The Bertz CT molecular complexity index is 731. The molecule has 0 heterocycles. The fraction of sp³-hybridized carbons (Fsp3) is 0.400. The number of rotatable bonds is 10. The predicted molar refractivity (Wildman–Crippen MR) is 107 cm³/mol. The molecule has 0 radical (unpaired) electrons. The van der Waals surface area contributed by atoms with Gasteiger partial charge >= 0.3 is 5.97 Å².